The van der Waals surface area contributed by atoms with Gasteiger partial charge in [0.1, 0.15) is 5.82 Å². The quantitative estimate of drug-likeness (QED) is 0.754. The third-order valence-electron chi connectivity index (χ3n) is 4.68. The van der Waals surface area contributed by atoms with Gasteiger partial charge in [0.25, 0.3) is 0 Å². The Kier molecular flexibility index (Phi) is 4.29. The molecule has 7 heteroatoms. The number of fused-ring (bicyclic) bond motifs is 1. The van der Waals surface area contributed by atoms with Gasteiger partial charge >= 0.3 is 6.01 Å². The van der Waals surface area contributed by atoms with Crippen LogP contribution in [0.2, 0.25) is 0 Å². The molecular weight excluding hydrogens is 326 g/mol. The molecule has 2 aromatic heterocycles. The second kappa shape index (κ2) is 6.74. The number of aromatic amines is 1. The average Bonchev–Trinajstić information content (AvgIpc) is 3.00. The van der Waals surface area contributed by atoms with Crippen molar-refractivity contribution in [2.45, 2.75) is 38.5 Å². The molecule has 1 fully saturated rings. The summed E-state index contributed by atoms with van der Waals surface area (Å²) in [6.45, 7) is 0. The van der Waals surface area contributed by atoms with E-state index in [0.29, 0.717) is 11.6 Å². The normalized spacial score (nSPS) is 15.6. The summed E-state index contributed by atoms with van der Waals surface area (Å²) in [5, 5.41) is 8.11. The third kappa shape index (κ3) is 3.45. The second-order valence-electron chi connectivity index (χ2n) is 6.48. The van der Waals surface area contributed by atoms with Crippen molar-refractivity contribution in [2.75, 3.05) is 0 Å². The standard InChI is InChI=1S/C18H18F2N4O/c19-12-6-7-16(14(20)9-12)25-18-21-10-13-15(23-24-17(13)22-18)8-11-4-2-1-3-5-11/h6-7,9-11H,1-5,8H2,(H,21,22,23,24). The van der Waals surface area contributed by atoms with Crippen molar-refractivity contribution in [3.63, 3.8) is 0 Å². The number of ether oxygens (including phenoxy) is 1. The van der Waals surface area contributed by atoms with Crippen LogP contribution in [0.1, 0.15) is 37.8 Å². The van der Waals surface area contributed by atoms with Crippen molar-refractivity contribution >= 4 is 11.0 Å². The van der Waals surface area contributed by atoms with Gasteiger partial charge in [-0.25, -0.2) is 13.8 Å². The lowest BCUT2D eigenvalue weighted by Crippen LogP contribution is -2.09. The first kappa shape index (κ1) is 15.9. The largest absolute Gasteiger partial charge is 0.421 e. The molecule has 0 atom stereocenters. The highest BCUT2D eigenvalue weighted by molar-refractivity contribution is 5.76. The minimum atomic E-state index is -0.802. The van der Waals surface area contributed by atoms with Crippen LogP contribution in [-0.4, -0.2) is 20.2 Å². The highest BCUT2D eigenvalue weighted by Gasteiger charge is 2.18. The Morgan fingerprint density at radius 3 is 2.80 bits per heavy atom. The van der Waals surface area contributed by atoms with Crippen molar-refractivity contribution in [1.29, 1.82) is 0 Å². The molecular formula is C18H18F2N4O. The Hall–Kier alpha value is -2.57. The van der Waals surface area contributed by atoms with Crippen LogP contribution in [0.4, 0.5) is 8.78 Å². The van der Waals surface area contributed by atoms with Crippen LogP contribution < -0.4 is 4.74 Å². The summed E-state index contributed by atoms with van der Waals surface area (Å²) >= 11 is 0. The van der Waals surface area contributed by atoms with Crippen LogP contribution in [-0.2, 0) is 6.42 Å². The Labute approximate surface area is 143 Å². The van der Waals surface area contributed by atoms with E-state index in [1.165, 1.54) is 38.2 Å². The molecule has 5 nitrogen and oxygen atoms in total. The zero-order chi connectivity index (χ0) is 17.2. The molecule has 1 aliphatic rings. The summed E-state index contributed by atoms with van der Waals surface area (Å²) in [7, 11) is 0. The lowest BCUT2D eigenvalue weighted by atomic mass is 9.86. The maximum Gasteiger partial charge on any atom is 0.324 e. The van der Waals surface area contributed by atoms with E-state index >= 15 is 0 Å². The van der Waals surface area contributed by atoms with Crippen LogP contribution in [0.25, 0.3) is 11.0 Å². The number of benzene rings is 1. The fourth-order valence-electron chi connectivity index (χ4n) is 3.38. The molecule has 1 saturated carbocycles. The van der Waals surface area contributed by atoms with Crippen LogP contribution in [0.3, 0.4) is 0 Å². The maximum absolute atomic E-state index is 13.7. The molecule has 25 heavy (non-hydrogen) atoms. The Morgan fingerprint density at radius 2 is 2.00 bits per heavy atom. The fraction of sp³-hybridized carbons (Fsp3) is 0.389. The van der Waals surface area contributed by atoms with Gasteiger partial charge in [0, 0.05) is 18.0 Å². The molecule has 1 N–H and O–H groups in total. The summed E-state index contributed by atoms with van der Waals surface area (Å²) in [6, 6.07) is 3.06. The van der Waals surface area contributed by atoms with Crippen LogP contribution in [0, 0.1) is 17.6 Å². The summed E-state index contributed by atoms with van der Waals surface area (Å²) in [6.07, 6.45) is 8.96. The van der Waals surface area contributed by atoms with Crippen molar-refractivity contribution in [3.05, 3.63) is 41.7 Å². The number of halogens is 2. The molecule has 0 spiro atoms. The van der Waals surface area contributed by atoms with Gasteiger partial charge in [-0.1, -0.05) is 32.1 Å². The lowest BCUT2D eigenvalue weighted by Gasteiger charge is -2.20. The molecule has 130 valence electrons. The fourth-order valence-corrected chi connectivity index (χ4v) is 3.38. The molecule has 3 aromatic rings. The van der Waals surface area contributed by atoms with Gasteiger partial charge in [-0.2, -0.15) is 10.1 Å². The van der Waals surface area contributed by atoms with Gasteiger partial charge in [0.05, 0.1) is 5.39 Å². The zero-order valence-corrected chi connectivity index (χ0v) is 13.6. The molecule has 0 radical (unpaired) electrons. The zero-order valence-electron chi connectivity index (χ0n) is 13.6. The van der Waals surface area contributed by atoms with Crippen LogP contribution >= 0.6 is 0 Å². The van der Waals surface area contributed by atoms with Crippen molar-refractivity contribution in [2.24, 2.45) is 5.92 Å². The molecule has 1 aliphatic carbocycles. The Balaban J connectivity index is 1.54. The average molecular weight is 344 g/mol. The highest BCUT2D eigenvalue weighted by atomic mass is 19.1. The SMILES string of the molecule is Fc1ccc(Oc2ncc3c(CC4CCCCC4)[nH]nc3n2)c(F)c1. The predicted octanol–water partition coefficient (Wildman–Crippen LogP) is 4.55. The highest BCUT2D eigenvalue weighted by Crippen LogP contribution is 2.29. The minimum Gasteiger partial charge on any atom is -0.421 e. The molecule has 0 aliphatic heterocycles. The summed E-state index contributed by atoms with van der Waals surface area (Å²) in [4.78, 5) is 8.35. The van der Waals surface area contributed by atoms with Crippen molar-refractivity contribution in [1.82, 2.24) is 20.2 Å². The second-order valence-corrected chi connectivity index (χ2v) is 6.48. The van der Waals surface area contributed by atoms with Gasteiger partial charge < -0.3 is 4.74 Å². The van der Waals surface area contributed by atoms with E-state index in [2.05, 4.69) is 20.2 Å². The van der Waals surface area contributed by atoms with E-state index < -0.39 is 11.6 Å². The molecule has 1 aromatic carbocycles. The van der Waals surface area contributed by atoms with E-state index in [1.54, 1.807) is 6.20 Å². The van der Waals surface area contributed by atoms with E-state index in [0.717, 1.165) is 29.6 Å². The number of H-pyrrole nitrogens is 1. The third-order valence-corrected chi connectivity index (χ3v) is 4.68. The van der Waals surface area contributed by atoms with E-state index in [1.807, 2.05) is 0 Å². The lowest BCUT2D eigenvalue weighted by molar-refractivity contribution is 0.355. The molecule has 0 saturated heterocycles. The van der Waals surface area contributed by atoms with E-state index in [4.69, 9.17) is 4.74 Å². The number of rotatable bonds is 4. The summed E-state index contributed by atoms with van der Waals surface area (Å²) in [5.74, 6) is -0.926. The monoisotopic (exact) mass is 344 g/mol. The van der Waals surface area contributed by atoms with Crippen LogP contribution in [0.5, 0.6) is 11.8 Å². The Bertz CT molecular complexity index is 890. The van der Waals surface area contributed by atoms with Gasteiger partial charge in [-0.05, 0) is 24.5 Å². The Morgan fingerprint density at radius 1 is 1.16 bits per heavy atom. The van der Waals surface area contributed by atoms with Gasteiger partial charge in [-0.3, -0.25) is 5.10 Å². The number of nitrogens with zero attached hydrogens (tertiary/aromatic N) is 3. The summed E-state index contributed by atoms with van der Waals surface area (Å²) < 4.78 is 31.9. The molecule has 0 amide bonds. The summed E-state index contributed by atoms with van der Waals surface area (Å²) in [5.41, 5.74) is 1.51. The first-order chi connectivity index (χ1) is 12.2. The van der Waals surface area contributed by atoms with Gasteiger partial charge in [0.2, 0.25) is 0 Å². The number of nitrogens with one attached hydrogen (secondary N) is 1. The van der Waals surface area contributed by atoms with Gasteiger partial charge in [0.15, 0.2) is 17.2 Å². The first-order valence-electron chi connectivity index (χ1n) is 8.52. The van der Waals surface area contributed by atoms with E-state index in [-0.39, 0.29) is 11.8 Å². The van der Waals surface area contributed by atoms with Crippen molar-refractivity contribution in [3.8, 4) is 11.8 Å². The van der Waals surface area contributed by atoms with Crippen molar-refractivity contribution < 1.29 is 13.5 Å². The van der Waals surface area contributed by atoms with Gasteiger partial charge in [-0.15, -0.1) is 0 Å². The molecule has 0 bridgehead atoms. The first-order valence-corrected chi connectivity index (χ1v) is 8.52. The topological polar surface area (TPSA) is 63.7 Å². The smallest absolute Gasteiger partial charge is 0.324 e. The predicted molar refractivity (Wildman–Crippen MR) is 88.4 cm³/mol. The maximum atomic E-state index is 13.7. The minimum absolute atomic E-state index is 0.0197. The molecule has 4 rings (SSSR count). The van der Waals surface area contributed by atoms with E-state index in [9.17, 15) is 8.78 Å². The molecule has 2 heterocycles. The number of hydrogen-bond donors (Lipinski definition) is 1. The van der Waals surface area contributed by atoms with Crippen LogP contribution in [0.15, 0.2) is 24.4 Å². The molecule has 0 unspecified atom stereocenters. The number of hydrogen-bond acceptors (Lipinski definition) is 4. The number of aromatic nitrogens is 4.